The van der Waals surface area contributed by atoms with Crippen molar-refractivity contribution in [1.29, 1.82) is 0 Å². The molecule has 0 aromatic carbocycles. The SMILES string of the molecule is CCc1cccnc1C(Cc1cc(C)nn1C)NC. The summed E-state index contributed by atoms with van der Waals surface area (Å²) in [6.45, 7) is 4.19. The lowest BCUT2D eigenvalue weighted by molar-refractivity contribution is 0.544. The summed E-state index contributed by atoms with van der Waals surface area (Å²) in [6.07, 6.45) is 3.77. The van der Waals surface area contributed by atoms with Crippen molar-refractivity contribution in [3.8, 4) is 0 Å². The highest BCUT2D eigenvalue weighted by Gasteiger charge is 2.16. The van der Waals surface area contributed by atoms with Crippen LogP contribution in [0.1, 0.15) is 35.6 Å². The summed E-state index contributed by atoms with van der Waals surface area (Å²) >= 11 is 0. The van der Waals surface area contributed by atoms with Gasteiger partial charge in [0.05, 0.1) is 17.4 Å². The molecule has 2 rings (SSSR count). The van der Waals surface area contributed by atoms with Gasteiger partial charge in [0.1, 0.15) is 0 Å². The van der Waals surface area contributed by atoms with E-state index in [0.717, 1.165) is 24.2 Å². The lowest BCUT2D eigenvalue weighted by atomic mass is 10.0. The molecule has 2 aromatic rings. The Morgan fingerprint density at radius 1 is 1.42 bits per heavy atom. The third kappa shape index (κ3) is 3.01. The van der Waals surface area contributed by atoms with E-state index < -0.39 is 0 Å². The maximum absolute atomic E-state index is 4.56. The predicted octanol–water partition coefficient (Wildman–Crippen LogP) is 2.19. The Bertz CT molecular complexity index is 545. The molecule has 0 amide bonds. The molecule has 4 heteroatoms. The van der Waals surface area contributed by atoms with Crippen LogP contribution in [0.3, 0.4) is 0 Å². The van der Waals surface area contributed by atoms with Crippen molar-refractivity contribution in [1.82, 2.24) is 20.1 Å². The third-order valence-electron chi connectivity index (χ3n) is 3.50. The monoisotopic (exact) mass is 258 g/mol. The van der Waals surface area contributed by atoms with E-state index >= 15 is 0 Å². The summed E-state index contributed by atoms with van der Waals surface area (Å²) in [4.78, 5) is 4.56. The minimum absolute atomic E-state index is 0.228. The zero-order chi connectivity index (χ0) is 13.8. The van der Waals surface area contributed by atoms with Crippen LogP contribution in [-0.4, -0.2) is 21.8 Å². The van der Waals surface area contributed by atoms with E-state index in [-0.39, 0.29) is 6.04 Å². The van der Waals surface area contributed by atoms with E-state index in [4.69, 9.17) is 0 Å². The van der Waals surface area contributed by atoms with Crippen molar-refractivity contribution < 1.29 is 0 Å². The molecule has 102 valence electrons. The van der Waals surface area contributed by atoms with Crippen molar-refractivity contribution in [3.63, 3.8) is 0 Å². The number of hydrogen-bond acceptors (Lipinski definition) is 3. The van der Waals surface area contributed by atoms with E-state index in [0.29, 0.717) is 0 Å². The van der Waals surface area contributed by atoms with Crippen LogP contribution < -0.4 is 5.32 Å². The van der Waals surface area contributed by atoms with Crippen molar-refractivity contribution in [2.75, 3.05) is 7.05 Å². The minimum Gasteiger partial charge on any atom is -0.311 e. The number of rotatable bonds is 5. The highest BCUT2D eigenvalue weighted by atomic mass is 15.3. The highest BCUT2D eigenvalue weighted by molar-refractivity contribution is 5.24. The smallest absolute Gasteiger partial charge is 0.0608 e. The normalized spacial score (nSPS) is 12.6. The number of likely N-dealkylation sites (N-methyl/N-ethyl adjacent to an activating group) is 1. The molecule has 1 atom stereocenters. The van der Waals surface area contributed by atoms with Crippen LogP contribution in [0.15, 0.2) is 24.4 Å². The molecule has 1 N–H and O–H groups in total. The van der Waals surface area contributed by atoms with Crippen molar-refractivity contribution in [3.05, 3.63) is 47.0 Å². The second-order valence-electron chi connectivity index (χ2n) is 4.85. The number of aromatic nitrogens is 3. The van der Waals surface area contributed by atoms with E-state index in [1.807, 2.05) is 38.0 Å². The van der Waals surface area contributed by atoms with E-state index in [9.17, 15) is 0 Å². The van der Waals surface area contributed by atoms with Gasteiger partial charge in [-0.25, -0.2) is 0 Å². The van der Waals surface area contributed by atoms with Gasteiger partial charge in [0.25, 0.3) is 0 Å². The van der Waals surface area contributed by atoms with Crippen molar-refractivity contribution in [2.45, 2.75) is 32.7 Å². The van der Waals surface area contributed by atoms with Gasteiger partial charge >= 0.3 is 0 Å². The molecule has 2 aromatic heterocycles. The molecule has 0 bridgehead atoms. The van der Waals surface area contributed by atoms with Gasteiger partial charge in [-0.15, -0.1) is 0 Å². The Kier molecular flexibility index (Phi) is 4.32. The average molecular weight is 258 g/mol. The second kappa shape index (κ2) is 5.97. The molecule has 0 aliphatic carbocycles. The summed E-state index contributed by atoms with van der Waals surface area (Å²) in [6, 6.07) is 6.52. The van der Waals surface area contributed by atoms with Crippen LogP contribution in [0.25, 0.3) is 0 Å². The Morgan fingerprint density at radius 2 is 2.21 bits per heavy atom. The number of nitrogens with one attached hydrogen (secondary N) is 1. The first-order chi connectivity index (χ1) is 9.15. The summed E-state index contributed by atoms with van der Waals surface area (Å²) < 4.78 is 1.95. The molecular weight excluding hydrogens is 236 g/mol. The zero-order valence-electron chi connectivity index (χ0n) is 12.1. The number of nitrogens with zero attached hydrogens (tertiary/aromatic N) is 3. The number of hydrogen-bond donors (Lipinski definition) is 1. The van der Waals surface area contributed by atoms with Gasteiger partial charge in [0, 0.05) is 25.4 Å². The maximum atomic E-state index is 4.56. The maximum Gasteiger partial charge on any atom is 0.0608 e. The Hall–Kier alpha value is -1.68. The molecule has 1 unspecified atom stereocenters. The Balaban J connectivity index is 2.27. The fourth-order valence-electron chi connectivity index (χ4n) is 2.46. The molecule has 0 aliphatic heterocycles. The van der Waals surface area contributed by atoms with Gasteiger partial charge in [0.15, 0.2) is 0 Å². The van der Waals surface area contributed by atoms with E-state index in [2.05, 4.69) is 34.5 Å². The first kappa shape index (κ1) is 13.7. The molecule has 19 heavy (non-hydrogen) atoms. The van der Waals surface area contributed by atoms with Gasteiger partial charge in [0.2, 0.25) is 0 Å². The van der Waals surface area contributed by atoms with Gasteiger partial charge in [-0.1, -0.05) is 13.0 Å². The summed E-state index contributed by atoms with van der Waals surface area (Å²) in [5.41, 5.74) is 4.74. The number of pyridine rings is 1. The topological polar surface area (TPSA) is 42.7 Å². The molecule has 0 aliphatic rings. The Morgan fingerprint density at radius 3 is 2.79 bits per heavy atom. The van der Waals surface area contributed by atoms with E-state index in [1.54, 1.807) is 0 Å². The van der Waals surface area contributed by atoms with Crippen LogP contribution >= 0.6 is 0 Å². The molecule has 0 saturated heterocycles. The van der Waals surface area contributed by atoms with Gasteiger partial charge in [-0.05, 0) is 38.1 Å². The number of aryl methyl sites for hydroxylation is 3. The first-order valence-corrected chi connectivity index (χ1v) is 6.76. The molecule has 0 fully saturated rings. The minimum atomic E-state index is 0.228. The average Bonchev–Trinajstić information content (AvgIpc) is 2.74. The lowest BCUT2D eigenvalue weighted by Crippen LogP contribution is -2.22. The molecule has 0 spiro atoms. The van der Waals surface area contributed by atoms with Gasteiger partial charge in [-0.2, -0.15) is 5.10 Å². The standard InChI is InChI=1S/C15H22N4/c1-5-12-7-6-8-17-15(12)14(16-3)10-13-9-11(2)18-19(13)4/h6-9,14,16H,5,10H2,1-4H3. The van der Waals surface area contributed by atoms with Crippen LogP contribution in [0.4, 0.5) is 0 Å². The van der Waals surface area contributed by atoms with Crippen molar-refractivity contribution in [2.24, 2.45) is 7.05 Å². The largest absolute Gasteiger partial charge is 0.311 e. The quantitative estimate of drug-likeness (QED) is 0.894. The van der Waals surface area contributed by atoms with Crippen molar-refractivity contribution >= 4 is 0 Å². The summed E-state index contributed by atoms with van der Waals surface area (Å²) in [5, 5.41) is 7.78. The van der Waals surface area contributed by atoms with Crippen LogP contribution in [0.2, 0.25) is 0 Å². The molecular formula is C15H22N4. The van der Waals surface area contributed by atoms with Gasteiger partial charge < -0.3 is 5.32 Å². The lowest BCUT2D eigenvalue weighted by Gasteiger charge is -2.18. The van der Waals surface area contributed by atoms with E-state index in [1.165, 1.54) is 11.3 Å². The summed E-state index contributed by atoms with van der Waals surface area (Å²) in [5.74, 6) is 0. The van der Waals surface area contributed by atoms with Crippen LogP contribution in [-0.2, 0) is 19.9 Å². The molecule has 4 nitrogen and oxygen atoms in total. The second-order valence-corrected chi connectivity index (χ2v) is 4.85. The third-order valence-corrected chi connectivity index (χ3v) is 3.50. The predicted molar refractivity (Wildman–Crippen MR) is 77.1 cm³/mol. The Labute approximate surface area is 114 Å². The van der Waals surface area contributed by atoms with Gasteiger partial charge in [-0.3, -0.25) is 9.67 Å². The molecule has 2 heterocycles. The fourth-order valence-corrected chi connectivity index (χ4v) is 2.46. The fraction of sp³-hybridized carbons (Fsp3) is 0.467. The molecule has 0 radical (unpaired) electrons. The highest BCUT2D eigenvalue weighted by Crippen LogP contribution is 2.20. The zero-order valence-corrected chi connectivity index (χ0v) is 12.1. The van der Waals surface area contributed by atoms with Crippen LogP contribution in [0, 0.1) is 6.92 Å². The molecule has 0 saturated carbocycles. The first-order valence-electron chi connectivity index (χ1n) is 6.76. The summed E-state index contributed by atoms with van der Waals surface area (Å²) in [7, 11) is 3.98. The van der Waals surface area contributed by atoms with Crippen LogP contribution in [0.5, 0.6) is 0 Å².